The van der Waals surface area contributed by atoms with E-state index in [1.165, 1.54) is 0 Å². The number of carbonyl (C=O) groups is 1. The summed E-state index contributed by atoms with van der Waals surface area (Å²) in [5.41, 5.74) is 1.33. The summed E-state index contributed by atoms with van der Waals surface area (Å²) in [5, 5.41) is 7.47. The summed E-state index contributed by atoms with van der Waals surface area (Å²) >= 11 is 0. The third kappa shape index (κ3) is 1.35. The standard InChI is InChI=1S/C8H11N3O2S/c1-5-7-8(11(2)10-5)14(13)4-3-6(12)9-7/h3-4H2,1-2H3,(H,9,12). The molecule has 1 N–H and O–H groups in total. The summed E-state index contributed by atoms with van der Waals surface area (Å²) in [4.78, 5) is 11.3. The molecule has 76 valence electrons. The van der Waals surface area contributed by atoms with E-state index < -0.39 is 10.8 Å². The van der Waals surface area contributed by atoms with Crippen molar-refractivity contribution in [2.45, 2.75) is 18.4 Å². The third-order valence-electron chi connectivity index (χ3n) is 2.16. The van der Waals surface area contributed by atoms with E-state index in [4.69, 9.17) is 0 Å². The van der Waals surface area contributed by atoms with Gasteiger partial charge in [0.15, 0.2) is 0 Å². The van der Waals surface area contributed by atoms with E-state index in [0.29, 0.717) is 28.6 Å². The van der Waals surface area contributed by atoms with Gasteiger partial charge in [-0.25, -0.2) is 0 Å². The van der Waals surface area contributed by atoms with E-state index in [1.54, 1.807) is 18.7 Å². The predicted molar refractivity (Wildman–Crippen MR) is 52.5 cm³/mol. The smallest absolute Gasteiger partial charge is 0.225 e. The molecule has 2 rings (SSSR count). The lowest BCUT2D eigenvalue weighted by Gasteiger charge is -2.00. The van der Waals surface area contributed by atoms with E-state index in [0.717, 1.165) is 0 Å². The molecule has 5 nitrogen and oxygen atoms in total. The maximum atomic E-state index is 11.7. The first-order valence-electron chi connectivity index (χ1n) is 4.31. The molecule has 1 aromatic heterocycles. The Morgan fingerprint density at radius 3 is 3.00 bits per heavy atom. The first-order chi connectivity index (χ1) is 6.59. The van der Waals surface area contributed by atoms with Gasteiger partial charge in [-0.3, -0.25) is 13.7 Å². The van der Waals surface area contributed by atoms with Crippen molar-refractivity contribution >= 4 is 22.4 Å². The van der Waals surface area contributed by atoms with Gasteiger partial charge in [0.1, 0.15) is 5.03 Å². The van der Waals surface area contributed by atoms with Crippen LogP contribution in [0.15, 0.2) is 5.03 Å². The van der Waals surface area contributed by atoms with Crippen LogP contribution in [0.5, 0.6) is 0 Å². The number of hydrogen-bond acceptors (Lipinski definition) is 3. The SMILES string of the molecule is Cc1nn(C)c2c1NC(=O)CCS2=O. The van der Waals surface area contributed by atoms with Crippen LogP contribution in [0.2, 0.25) is 0 Å². The van der Waals surface area contributed by atoms with Crippen LogP contribution in [0.25, 0.3) is 0 Å². The molecule has 1 aliphatic rings. The monoisotopic (exact) mass is 213 g/mol. The molecule has 6 heteroatoms. The van der Waals surface area contributed by atoms with Crippen LogP contribution in [-0.2, 0) is 22.6 Å². The molecule has 14 heavy (non-hydrogen) atoms. The molecule has 0 bridgehead atoms. The Kier molecular flexibility index (Phi) is 2.14. The van der Waals surface area contributed by atoms with Crippen molar-refractivity contribution in [2.24, 2.45) is 7.05 Å². The minimum absolute atomic E-state index is 0.0896. The lowest BCUT2D eigenvalue weighted by atomic mass is 10.3. The van der Waals surface area contributed by atoms with Gasteiger partial charge in [0.25, 0.3) is 0 Å². The molecule has 2 heterocycles. The third-order valence-corrected chi connectivity index (χ3v) is 3.64. The number of carbonyl (C=O) groups excluding carboxylic acids is 1. The van der Waals surface area contributed by atoms with Crippen molar-refractivity contribution in [1.29, 1.82) is 0 Å². The molecular formula is C8H11N3O2S. The summed E-state index contributed by atoms with van der Waals surface area (Å²) in [5.74, 6) is 0.283. The maximum absolute atomic E-state index is 11.7. The Balaban J connectivity index is 2.59. The summed E-state index contributed by atoms with van der Waals surface area (Å²) < 4.78 is 13.3. The van der Waals surface area contributed by atoms with Crippen LogP contribution in [0.3, 0.4) is 0 Å². The number of anilines is 1. The molecular weight excluding hydrogens is 202 g/mol. The molecule has 0 spiro atoms. The number of aromatic nitrogens is 2. The van der Waals surface area contributed by atoms with Gasteiger partial charge < -0.3 is 5.32 Å². The summed E-state index contributed by atoms with van der Waals surface area (Å²) in [6.45, 7) is 1.79. The Labute approximate surface area is 83.9 Å². The number of amides is 1. The average molecular weight is 213 g/mol. The van der Waals surface area contributed by atoms with E-state index in [9.17, 15) is 9.00 Å². The summed E-state index contributed by atoms with van der Waals surface area (Å²) in [6.07, 6.45) is 0.306. The molecule has 0 radical (unpaired) electrons. The van der Waals surface area contributed by atoms with Crippen molar-refractivity contribution in [2.75, 3.05) is 11.1 Å². The van der Waals surface area contributed by atoms with E-state index in [2.05, 4.69) is 10.4 Å². The second-order valence-corrected chi connectivity index (χ2v) is 4.72. The zero-order valence-electron chi connectivity index (χ0n) is 8.03. The van der Waals surface area contributed by atoms with Crippen LogP contribution in [0.1, 0.15) is 12.1 Å². The highest BCUT2D eigenvalue weighted by molar-refractivity contribution is 7.85. The Bertz CT molecular complexity index is 424. The van der Waals surface area contributed by atoms with Gasteiger partial charge in [-0.2, -0.15) is 5.10 Å². The minimum Gasteiger partial charge on any atom is -0.322 e. The lowest BCUT2D eigenvalue weighted by Crippen LogP contribution is -2.11. The van der Waals surface area contributed by atoms with Crippen molar-refractivity contribution in [1.82, 2.24) is 9.78 Å². The van der Waals surface area contributed by atoms with Gasteiger partial charge in [-0.05, 0) is 6.92 Å². The Hall–Kier alpha value is -1.17. The van der Waals surface area contributed by atoms with Crippen molar-refractivity contribution in [3.05, 3.63) is 5.69 Å². The summed E-state index contributed by atoms with van der Waals surface area (Å²) in [7, 11) is 0.611. The topological polar surface area (TPSA) is 64.0 Å². The van der Waals surface area contributed by atoms with Crippen LogP contribution < -0.4 is 5.32 Å². The molecule has 0 aromatic carbocycles. The highest BCUT2D eigenvalue weighted by Crippen LogP contribution is 2.25. The number of nitrogens with one attached hydrogen (secondary N) is 1. The number of aryl methyl sites for hydroxylation is 2. The Morgan fingerprint density at radius 2 is 2.29 bits per heavy atom. The Morgan fingerprint density at radius 1 is 1.57 bits per heavy atom. The summed E-state index contributed by atoms with van der Waals surface area (Å²) in [6, 6.07) is 0. The maximum Gasteiger partial charge on any atom is 0.225 e. The molecule has 0 aliphatic carbocycles. The second kappa shape index (κ2) is 3.20. The highest BCUT2D eigenvalue weighted by atomic mass is 32.2. The molecule has 1 aromatic rings. The fraction of sp³-hybridized carbons (Fsp3) is 0.500. The van der Waals surface area contributed by atoms with Crippen molar-refractivity contribution in [3.63, 3.8) is 0 Å². The molecule has 1 amide bonds. The average Bonchev–Trinajstić information content (AvgIpc) is 2.31. The van der Waals surface area contributed by atoms with Gasteiger partial charge in [0.05, 0.1) is 22.2 Å². The number of rotatable bonds is 0. The quantitative estimate of drug-likeness (QED) is 0.668. The predicted octanol–water partition coefficient (Wildman–Crippen LogP) is 0.178. The van der Waals surface area contributed by atoms with Crippen molar-refractivity contribution < 1.29 is 9.00 Å². The zero-order chi connectivity index (χ0) is 10.3. The normalized spacial score (nSPS) is 21.3. The van der Waals surface area contributed by atoms with Gasteiger partial charge in [0.2, 0.25) is 5.91 Å². The first-order valence-corrected chi connectivity index (χ1v) is 5.63. The van der Waals surface area contributed by atoms with Crippen LogP contribution >= 0.6 is 0 Å². The fourth-order valence-corrected chi connectivity index (χ4v) is 2.85. The molecule has 0 saturated heterocycles. The van der Waals surface area contributed by atoms with Crippen LogP contribution in [-0.4, -0.2) is 25.6 Å². The largest absolute Gasteiger partial charge is 0.322 e. The zero-order valence-corrected chi connectivity index (χ0v) is 8.85. The number of fused-ring (bicyclic) bond motifs is 1. The van der Waals surface area contributed by atoms with Gasteiger partial charge >= 0.3 is 0 Å². The minimum atomic E-state index is -1.13. The van der Waals surface area contributed by atoms with Gasteiger partial charge in [0, 0.05) is 19.2 Å². The second-order valence-electron chi connectivity index (χ2n) is 3.24. The van der Waals surface area contributed by atoms with Crippen molar-refractivity contribution in [3.8, 4) is 0 Å². The van der Waals surface area contributed by atoms with E-state index in [-0.39, 0.29) is 5.91 Å². The van der Waals surface area contributed by atoms with Gasteiger partial charge in [-0.1, -0.05) is 0 Å². The fourth-order valence-electron chi connectivity index (χ4n) is 1.53. The molecule has 1 unspecified atom stereocenters. The van der Waals surface area contributed by atoms with E-state index >= 15 is 0 Å². The van der Waals surface area contributed by atoms with Gasteiger partial charge in [-0.15, -0.1) is 0 Å². The molecule has 0 fully saturated rings. The molecule has 1 atom stereocenters. The van der Waals surface area contributed by atoms with Crippen LogP contribution in [0.4, 0.5) is 5.69 Å². The van der Waals surface area contributed by atoms with E-state index in [1.807, 2.05) is 0 Å². The molecule has 1 aliphatic heterocycles. The number of hydrogen-bond donors (Lipinski definition) is 1. The number of nitrogens with zero attached hydrogens (tertiary/aromatic N) is 2. The molecule has 0 saturated carbocycles. The highest BCUT2D eigenvalue weighted by Gasteiger charge is 2.24. The first kappa shape index (κ1) is 9.39. The lowest BCUT2D eigenvalue weighted by molar-refractivity contribution is -0.115. The van der Waals surface area contributed by atoms with Crippen LogP contribution in [0, 0.1) is 6.92 Å².